The van der Waals surface area contributed by atoms with Gasteiger partial charge < -0.3 is 51.0 Å². The number of halogens is 1. The molecule has 5 heterocycles. The summed E-state index contributed by atoms with van der Waals surface area (Å²) in [4.78, 5) is 118. The first kappa shape index (κ1) is 72.9. The van der Waals surface area contributed by atoms with Crippen molar-refractivity contribution in [2.24, 2.45) is 0 Å². The molecule has 7 N–H and O–H groups in total. The van der Waals surface area contributed by atoms with Crippen molar-refractivity contribution < 1.29 is 62.1 Å². The standard InChI is InChI=1S/C22H17FN2O4.C12H16N2O2.C10H15NO2.C8H17N3O3.C5H10N2O2.2C2H6/c1-9-10-3-2-4-11-13-7-25-17(19(13)24-16(18(10)11)6-15(9)23)5-12-14(21(25)27)8-29-22(28)20(12)26;1-2-13-12(16)11(14-9-15)8-10-6-4-3-5-7-10;1-2-3-4-5-8-11-9(12)6-7-10(11)13;1-9-8(13)5-11(2)3-4-14-7-10-6-12;1-2-7-5(9)3-6-4-8;2*1-2/h5-6,20,26H,2-4,7-8H2,1H3;3-7,9,11H,2,8H2,1H3,(H,13,16)(H,14,15);6-7H,2-5,8H2,1H3;6H,3-5,7H2,1-2H3,(H,9,13)(H,10,12);4H,2-3H2,1H3,(H,6,8)(H,7,9);2*1-2H3. The largest absolute Gasteiger partial charge is 0.458 e. The molecule has 0 bridgehead atoms. The minimum atomic E-state index is -1.48. The van der Waals surface area contributed by atoms with Gasteiger partial charge in [0.25, 0.3) is 17.4 Å². The van der Waals surface area contributed by atoms with Crippen LogP contribution in [0.4, 0.5) is 4.39 Å². The SMILES string of the molecule is CC.CC.CCCCCCN1C(=O)C=CC1=O.CCNC(=O)C(Cc1ccccc1)NC=O.CCNC(=O)CNC=O.CNC(=O)CN(C)CCOCNC=O.Cc1c(F)cc2nc3c(c4c2c1CCC4)Cn1c-3cc2c(c1=O)COC(=O)C2O. The molecule has 4 aromatic rings. The number of pyridine rings is 2. The van der Waals surface area contributed by atoms with Crippen LogP contribution in [0.25, 0.3) is 22.3 Å². The van der Waals surface area contributed by atoms with Gasteiger partial charge in [-0.3, -0.25) is 53.0 Å². The van der Waals surface area contributed by atoms with E-state index in [-0.39, 0.29) is 66.4 Å². The number of hydrogen-bond donors (Lipinski definition) is 7. The summed E-state index contributed by atoms with van der Waals surface area (Å²) in [5.41, 5.74) is 6.88. The van der Waals surface area contributed by atoms with Crippen LogP contribution in [0.5, 0.6) is 0 Å². The van der Waals surface area contributed by atoms with Crippen LogP contribution in [-0.4, -0.2) is 152 Å². The third-order valence-corrected chi connectivity index (χ3v) is 13.2. The molecule has 2 aromatic carbocycles. The lowest BCUT2D eigenvalue weighted by atomic mass is 9.85. The molecule has 0 spiro atoms. The van der Waals surface area contributed by atoms with Crippen molar-refractivity contribution in [3.63, 3.8) is 0 Å². The summed E-state index contributed by atoms with van der Waals surface area (Å²) in [5.74, 6) is -1.71. The highest BCUT2D eigenvalue weighted by atomic mass is 19.1. The van der Waals surface area contributed by atoms with Crippen LogP contribution in [0, 0.1) is 12.7 Å². The Morgan fingerprint density at radius 3 is 2.13 bits per heavy atom. The molecule has 24 heteroatoms. The number of aromatic nitrogens is 2. The zero-order valence-corrected chi connectivity index (χ0v) is 50.8. The number of aliphatic hydroxyl groups is 1. The van der Waals surface area contributed by atoms with Gasteiger partial charge in [0.2, 0.25) is 37.0 Å². The number of hydrogen-bond acceptors (Lipinski definition) is 15. The fourth-order valence-corrected chi connectivity index (χ4v) is 9.05. The van der Waals surface area contributed by atoms with Gasteiger partial charge in [-0.2, -0.15) is 0 Å². The number of nitrogens with one attached hydrogen (secondary N) is 6. The summed E-state index contributed by atoms with van der Waals surface area (Å²) >= 11 is 0. The zero-order valence-electron chi connectivity index (χ0n) is 50.8. The number of amides is 8. The lowest BCUT2D eigenvalue weighted by Crippen LogP contribution is -2.45. The van der Waals surface area contributed by atoms with Crippen LogP contribution in [0.1, 0.15) is 126 Å². The summed E-state index contributed by atoms with van der Waals surface area (Å²) in [5, 5.41) is 26.1. The molecule has 8 rings (SSSR count). The average molecular weight is 1190 g/mol. The first-order chi connectivity index (χ1) is 41.0. The molecule has 0 saturated heterocycles. The lowest BCUT2D eigenvalue weighted by molar-refractivity contribution is -0.157. The van der Waals surface area contributed by atoms with Gasteiger partial charge in [-0.05, 0) is 81.8 Å². The summed E-state index contributed by atoms with van der Waals surface area (Å²) < 4.78 is 26.1. The molecule has 8 amide bonds. The summed E-state index contributed by atoms with van der Waals surface area (Å²) in [6.07, 6.45) is 10.3. The third-order valence-electron chi connectivity index (χ3n) is 13.2. The van der Waals surface area contributed by atoms with Crippen LogP contribution >= 0.6 is 0 Å². The van der Waals surface area contributed by atoms with Crippen molar-refractivity contribution >= 4 is 65.6 Å². The number of ether oxygens (including phenoxy) is 2. The molecule has 2 aromatic heterocycles. The average Bonchev–Trinajstić information content (AvgIpc) is 2.39. The predicted octanol–water partition coefficient (Wildman–Crippen LogP) is 3.73. The van der Waals surface area contributed by atoms with Crippen molar-refractivity contribution in [2.75, 3.05) is 66.7 Å². The van der Waals surface area contributed by atoms with E-state index in [1.807, 2.05) is 83.8 Å². The van der Waals surface area contributed by atoms with Crippen molar-refractivity contribution in [3.05, 3.63) is 110 Å². The smallest absolute Gasteiger partial charge is 0.340 e. The number of benzene rings is 2. The molecule has 466 valence electrons. The number of nitrogens with zero attached hydrogens (tertiary/aromatic N) is 4. The second-order valence-electron chi connectivity index (χ2n) is 18.9. The van der Waals surface area contributed by atoms with Crippen LogP contribution in [0.15, 0.2) is 59.4 Å². The number of unbranched alkanes of at least 4 members (excludes halogenated alkanes) is 3. The molecule has 23 nitrogen and oxygen atoms in total. The van der Waals surface area contributed by atoms with Gasteiger partial charge in [0.15, 0.2) is 6.10 Å². The number of likely N-dealkylation sites (N-methyl/N-ethyl adjacent to an activating group) is 4. The molecule has 85 heavy (non-hydrogen) atoms. The zero-order chi connectivity index (χ0) is 63.4. The number of aliphatic hydroxyl groups excluding tert-OH is 1. The fraction of sp³-hybridized carbons (Fsp3) is 0.492. The number of rotatable bonds is 23. The van der Waals surface area contributed by atoms with Gasteiger partial charge in [0.1, 0.15) is 25.2 Å². The minimum absolute atomic E-state index is 0.0292. The van der Waals surface area contributed by atoms with E-state index in [4.69, 9.17) is 14.5 Å². The van der Waals surface area contributed by atoms with Gasteiger partial charge in [-0.15, -0.1) is 0 Å². The maximum Gasteiger partial charge on any atom is 0.340 e. The van der Waals surface area contributed by atoms with Gasteiger partial charge >= 0.3 is 5.97 Å². The van der Waals surface area contributed by atoms with Crippen molar-refractivity contribution in [2.45, 2.75) is 132 Å². The Bertz CT molecular complexity index is 2920. The molecule has 2 atom stereocenters. The fourth-order valence-electron chi connectivity index (χ4n) is 9.05. The molecule has 1 aliphatic carbocycles. The highest BCUT2D eigenvalue weighted by molar-refractivity contribution is 6.12. The highest BCUT2D eigenvalue weighted by Crippen LogP contribution is 2.42. The van der Waals surface area contributed by atoms with Crippen LogP contribution in [-0.2, 0) is 85.0 Å². The number of carbonyl (C=O) groups excluding carboxylic acids is 9. The van der Waals surface area contributed by atoms with E-state index < -0.39 is 18.1 Å². The maximum absolute atomic E-state index is 14.5. The second-order valence-corrected chi connectivity index (χ2v) is 18.9. The Kier molecular flexibility index (Phi) is 34.4. The van der Waals surface area contributed by atoms with Crippen molar-refractivity contribution in [1.82, 2.24) is 51.3 Å². The number of fused-ring (bicyclic) bond motifs is 5. The summed E-state index contributed by atoms with van der Waals surface area (Å²) in [7, 11) is 3.42. The van der Waals surface area contributed by atoms with E-state index in [1.165, 1.54) is 36.0 Å². The van der Waals surface area contributed by atoms with E-state index in [9.17, 15) is 57.4 Å². The Labute approximate surface area is 497 Å². The van der Waals surface area contributed by atoms with Gasteiger partial charge in [0, 0.05) is 74.4 Å². The number of carbonyl (C=O) groups is 9. The maximum atomic E-state index is 14.5. The number of aryl methyl sites for hydroxylation is 2. The highest BCUT2D eigenvalue weighted by Gasteiger charge is 2.35. The summed E-state index contributed by atoms with van der Waals surface area (Å²) in [6.45, 7) is 19.3. The Balaban J connectivity index is 0.000000382. The molecule has 0 radical (unpaired) electrons. The molecule has 0 saturated carbocycles. The van der Waals surface area contributed by atoms with Crippen LogP contribution in [0.2, 0.25) is 0 Å². The Hall–Kier alpha value is -8.22. The lowest BCUT2D eigenvalue weighted by Gasteiger charge is -2.22. The van der Waals surface area contributed by atoms with E-state index in [0.717, 1.165) is 59.7 Å². The predicted molar refractivity (Wildman–Crippen MR) is 321 cm³/mol. The van der Waals surface area contributed by atoms with E-state index in [2.05, 4.69) is 38.8 Å². The minimum Gasteiger partial charge on any atom is -0.458 e. The molecule has 2 unspecified atom stereocenters. The van der Waals surface area contributed by atoms with E-state index in [1.54, 1.807) is 24.6 Å². The molecular weight excluding hydrogens is 1100 g/mol. The Morgan fingerprint density at radius 2 is 1.52 bits per heavy atom. The number of esters is 1. The summed E-state index contributed by atoms with van der Waals surface area (Å²) in [6, 6.07) is 12.2. The second kappa shape index (κ2) is 40.1. The topological polar surface area (TPSA) is 306 Å². The van der Waals surface area contributed by atoms with Crippen molar-refractivity contribution in [1.29, 1.82) is 0 Å². The Morgan fingerprint density at radius 1 is 0.859 bits per heavy atom. The quantitative estimate of drug-likeness (QED) is 0.0161. The molecule has 3 aliphatic heterocycles. The van der Waals surface area contributed by atoms with Gasteiger partial charge in [-0.1, -0.05) is 84.2 Å². The van der Waals surface area contributed by atoms with Crippen LogP contribution < -0.4 is 37.5 Å². The monoisotopic (exact) mass is 1190 g/mol. The molecule has 4 aliphatic rings. The van der Waals surface area contributed by atoms with E-state index in [0.29, 0.717) is 99.6 Å². The first-order valence-electron chi connectivity index (χ1n) is 28.9. The molecule has 0 fully saturated rings. The normalized spacial score (nSPS) is 13.7. The molecular formula is C61H87FN10O13. The number of imide groups is 1. The van der Waals surface area contributed by atoms with E-state index >= 15 is 0 Å². The van der Waals surface area contributed by atoms with Crippen LogP contribution in [0.3, 0.4) is 0 Å². The van der Waals surface area contributed by atoms with Gasteiger partial charge in [0.05, 0.1) is 48.7 Å². The third kappa shape index (κ3) is 22.4. The van der Waals surface area contributed by atoms with Gasteiger partial charge in [-0.25, -0.2) is 14.2 Å². The first-order valence-corrected chi connectivity index (χ1v) is 28.9. The van der Waals surface area contributed by atoms with Crippen molar-refractivity contribution in [3.8, 4) is 11.4 Å². The number of cyclic esters (lactones) is 1.